The molecule has 0 aliphatic rings. The standard InChI is InChI=1S/C29H27FIN5O4S/c1-2-3-16-35-27-26(28(37)36(29(35)38)18-20-6-4-5-7-24(20)30)32-25(33-27)17-19-8-12-22(13-9-19)34-41(39,40)23-14-10-21(31)11-15-23/h4-15,34H,2-3,16-18H2,1H3,(H,32,33). The average molecular weight is 688 g/mol. The summed E-state index contributed by atoms with van der Waals surface area (Å²) in [5.41, 5.74) is 0.786. The number of imidazole rings is 1. The molecular formula is C29H27FIN5O4S. The molecule has 3 aromatic carbocycles. The molecule has 5 rings (SSSR count). The number of rotatable bonds is 10. The average Bonchev–Trinajstić information content (AvgIpc) is 3.37. The second-order valence-corrected chi connectivity index (χ2v) is 12.5. The van der Waals surface area contributed by atoms with E-state index in [0.29, 0.717) is 30.9 Å². The number of nitrogens with one attached hydrogen (secondary N) is 2. The molecule has 0 unspecified atom stereocenters. The first kappa shape index (κ1) is 28.7. The molecule has 0 aliphatic heterocycles. The largest absolute Gasteiger partial charge is 0.336 e. The van der Waals surface area contributed by atoms with E-state index in [1.165, 1.54) is 10.6 Å². The van der Waals surface area contributed by atoms with Gasteiger partial charge in [-0.1, -0.05) is 43.7 Å². The van der Waals surface area contributed by atoms with E-state index in [9.17, 15) is 22.4 Å². The molecule has 2 aromatic heterocycles. The highest BCUT2D eigenvalue weighted by Crippen LogP contribution is 2.19. The molecule has 5 aromatic rings. The minimum atomic E-state index is -3.73. The summed E-state index contributed by atoms with van der Waals surface area (Å²) in [6, 6.07) is 19.4. The lowest BCUT2D eigenvalue weighted by Crippen LogP contribution is -2.40. The van der Waals surface area contributed by atoms with Crippen molar-refractivity contribution in [2.24, 2.45) is 0 Å². The van der Waals surface area contributed by atoms with Gasteiger partial charge in [-0.05, 0) is 77.0 Å². The molecule has 2 heterocycles. The molecule has 0 bridgehead atoms. The third kappa shape index (κ3) is 6.27. The third-order valence-electron chi connectivity index (χ3n) is 6.63. The van der Waals surface area contributed by atoms with Crippen molar-refractivity contribution in [3.8, 4) is 0 Å². The van der Waals surface area contributed by atoms with Crippen LogP contribution in [0.1, 0.15) is 36.7 Å². The van der Waals surface area contributed by atoms with Crippen molar-refractivity contribution in [3.05, 3.63) is 120 Å². The first-order valence-electron chi connectivity index (χ1n) is 13.0. The van der Waals surface area contributed by atoms with Gasteiger partial charge in [-0.15, -0.1) is 0 Å². The normalized spacial score (nSPS) is 11.7. The Bertz CT molecular complexity index is 1930. The quantitative estimate of drug-likeness (QED) is 0.203. The Morgan fingerprint density at radius 1 is 0.976 bits per heavy atom. The monoisotopic (exact) mass is 687 g/mol. The maximum Gasteiger partial charge on any atom is 0.333 e. The van der Waals surface area contributed by atoms with Gasteiger partial charge in [0.25, 0.3) is 15.6 Å². The smallest absolute Gasteiger partial charge is 0.333 e. The fourth-order valence-electron chi connectivity index (χ4n) is 4.46. The van der Waals surface area contributed by atoms with Crippen LogP contribution in [0.25, 0.3) is 11.2 Å². The number of aryl methyl sites for hydroxylation is 1. The van der Waals surface area contributed by atoms with Crippen molar-refractivity contribution in [2.75, 3.05) is 4.72 Å². The van der Waals surface area contributed by atoms with Crippen LogP contribution in [0.5, 0.6) is 0 Å². The molecule has 0 atom stereocenters. The van der Waals surface area contributed by atoms with E-state index < -0.39 is 27.1 Å². The number of benzene rings is 3. The van der Waals surface area contributed by atoms with Gasteiger partial charge in [0.1, 0.15) is 17.2 Å². The second kappa shape index (κ2) is 12.0. The van der Waals surface area contributed by atoms with E-state index in [4.69, 9.17) is 0 Å². The number of anilines is 1. The van der Waals surface area contributed by atoms with Crippen molar-refractivity contribution in [2.45, 2.75) is 44.2 Å². The van der Waals surface area contributed by atoms with Crippen LogP contribution in [0.3, 0.4) is 0 Å². The summed E-state index contributed by atoms with van der Waals surface area (Å²) in [7, 11) is -3.73. The van der Waals surface area contributed by atoms with Gasteiger partial charge in [-0.2, -0.15) is 0 Å². The van der Waals surface area contributed by atoms with Crippen molar-refractivity contribution < 1.29 is 12.8 Å². The summed E-state index contributed by atoms with van der Waals surface area (Å²) in [4.78, 5) is 34.5. The first-order valence-corrected chi connectivity index (χ1v) is 15.6. The number of nitrogens with zero attached hydrogens (tertiary/aromatic N) is 3. The topological polar surface area (TPSA) is 119 Å². The lowest BCUT2D eigenvalue weighted by Gasteiger charge is -2.11. The molecule has 9 nitrogen and oxygen atoms in total. The summed E-state index contributed by atoms with van der Waals surface area (Å²) < 4.78 is 45.8. The van der Waals surface area contributed by atoms with Crippen LogP contribution in [0.4, 0.5) is 10.1 Å². The van der Waals surface area contributed by atoms with E-state index in [-0.39, 0.29) is 28.2 Å². The first-order chi connectivity index (χ1) is 19.7. The molecule has 0 radical (unpaired) electrons. The minimum Gasteiger partial charge on any atom is -0.336 e. The van der Waals surface area contributed by atoms with Crippen molar-refractivity contribution in [3.63, 3.8) is 0 Å². The summed E-state index contributed by atoms with van der Waals surface area (Å²) >= 11 is 2.11. The molecular weight excluding hydrogens is 660 g/mol. The molecule has 0 amide bonds. The zero-order valence-corrected chi connectivity index (χ0v) is 25.1. The van der Waals surface area contributed by atoms with Crippen molar-refractivity contribution in [1.82, 2.24) is 19.1 Å². The molecule has 212 valence electrons. The zero-order valence-electron chi connectivity index (χ0n) is 22.1. The SMILES string of the molecule is CCCCn1c(=O)n(Cc2ccccc2F)c(=O)c2[nH]c(Cc3ccc(NS(=O)(=O)c4ccc(I)cc4)cc3)nc21. The van der Waals surface area contributed by atoms with Gasteiger partial charge in [-0.3, -0.25) is 18.7 Å². The molecule has 12 heteroatoms. The summed E-state index contributed by atoms with van der Waals surface area (Å²) in [5, 5.41) is 0. The number of sulfonamides is 1. The minimum absolute atomic E-state index is 0.166. The van der Waals surface area contributed by atoms with Gasteiger partial charge >= 0.3 is 5.69 Å². The van der Waals surface area contributed by atoms with Crippen LogP contribution in [0.2, 0.25) is 0 Å². The Morgan fingerprint density at radius 2 is 1.68 bits per heavy atom. The number of aromatic amines is 1. The van der Waals surface area contributed by atoms with Gasteiger partial charge in [0.2, 0.25) is 0 Å². The second-order valence-electron chi connectivity index (χ2n) is 9.59. The maximum atomic E-state index is 14.3. The van der Waals surface area contributed by atoms with Crippen LogP contribution in [0, 0.1) is 9.39 Å². The number of unbranched alkanes of at least 4 members (excludes halogenated alkanes) is 1. The number of hydrogen-bond acceptors (Lipinski definition) is 5. The number of hydrogen-bond donors (Lipinski definition) is 2. The number of fused-ring (bicyclic) bond motifs is 1. The highest BCUT2D eigenvalue weighted by atomic mass is 127. The van der Waals surface area contributed by atoms with Crippen molar-refractivity contribution in [1.29, 1.82) is 0 Å². The van der Waals surface area contributed by atoms with Gasteiger partial charge < -0.3 is 4.98 Å². The van der Waals surface area contributed by atoms with E-state index in [2.05, 4.69) is 37.3 Å². The predicted molar refractivity (Wildman–Crippen MR) is 164 cm³/mol. The van der Waals surface area contributed by atoms with Gasteiger partial charge in [-0.25, -0.2) is 22.6 Å². The lowest BCUT2D eigenvalue weighted by atomic mass is 10.1. The highest BCUT2D eigenvalue weighted by Gasteiger charge is 2.19. The molecule has 0 saturated heterocycles. The van der Waals surface area contributed by atoms with Gasteiger partial charge in [0.05, 0.1) is 11.4 Å². The Balaban J connectivity index is 1.43. The van der Waals surface area contributed by atoms with Gasteiger partial charge in [0.15, 0.2) is 5.65 Å². The van der Waals surface area contributed by atoms with Crippen LogP contribution in [-0.4, -0.2) is 27.5 Å². The summed E-state index contributed by atoms with van der Waals surface area (Å²) in [6.07, 6.45) is 1.85. The molecule has 41 heavy (non-hydrogen) atoms. The maximum absolute atomic E-state index is 14.3. The Morgan fingerprint density at radius 3 is 2.37 bits per heavy atom. The Hall–Kier alpha value is -3.78. The van der Waals surface area contributed by atoms with Crippen LogP contribution >= 0.6 is 22.6 Å². The fraction of sp³-hybridized carbons (Fsp3) is 0.207. The summed E-state index contributed by atoms with van der Waals surface area (Å²) in [6.45, 7) is 2.17. The molecule has 0 fully saturated rings. The number of halogens is 2. The van der Waals surface area contributed by atoms with Crippen LogP contribution in [-0.2, 0) is 29.5 Å². The fourth-order valence-corrected chi connectivity index (χ4v) is 5.88. The van der Waals surface area contributed by atoms with Gasteiger partial charge in [0, 0.05) is 27.8 Å². The third-order valence-corrected chi connectivity index (χ3v) is 8.75. The predicted octanol–water partition coefficient (Wildman–Crippen LogP) is 4.87. The Labute approximate surface area is 249 Å². The number of H-pyrrole nitrogens is 1. The van der Waals surface area contributed by atoms with Crippen LogP contribution in [0.15, 0.2) is 87.3 Å². The van der Waals surface area contributed by atoms with Crippen LogP contribution < -0.4 is 16.0 Å². The van der Waals surface area contributed by atoms with E-state index >= 15 is 0 Å². The molecule has 2 N–H and O–H groups in total. The highest BCUT2D eigenvalue weighted by molar-refractivity contribution is 14.1. The van der Waals surface area contributed by atoms with E-state index in [0.717, 1.165) is 20.1 Å². The lowest BCUT2D eigenvalue weighted by molar-refractivity contribution is 0.553. The number of aromatic nitrogens is 4. The Kier molecular flexibility index (Phi) is 8.40. The van der Waals surface area contributed by atoms with Crippen molar-refractivity contribution >= 4 is 49.5 Å². The van der Waals surface area contributed by atoms with E-state index in [1.54, 1.807) is 66.7 Å². The zero-order chi connectivity index (χ0) is 29.1. The van der Waals surface area contributed by atoms with E-state index in [1.807, 2.05) is 6.92 Å². The molecule has 0 aliphatic carbocycles. The molecule has 0 saturated carbocycles. The summed E-state index contributed by atoms with van der Waals surface area (Å²) in [5.74, 6) is -0.0220. The molecule has 0 spiro atoms.